The van der Waals surface area contributed by atoms with Crippen molar-refractivity contribution in [1.82, 2.24) is 14.8 Å². The van der Waals surface area contributed by atoms with E-state index >= 15 is 0 Å². The molecule has 7 heteroatoms. The largest absolute Gasteiger partial charge is 0.365 e. The Morgan fingerprint density at radius 2 is 2.00 bits per heavy atom. The van der Waals surface area contributed by atoms with Gasteiger partial charge in [-0.05, 0) is 37.1 Å². The molecule has 0 spiro atoms. The Labute approximate surface area is 163 Å². The Morgan fingerprint density at radius 1 is 1.18 bits per heavy atom. The number of piperidine rings is 1. The normalized spacial score (nSPS) is 16.5. The Hall–Kier alpha value is -3.66. The first-order valence-corrected chi connectivity index (χ1v) is 9.22. The number of hydrogen-bond acceptors (Lipinski definition) is 5. The van der Waals surface area contributed by atoms with Gasteiger partial charge in [0.2, 0.25) is 0 Å². The number of hydrogen-bond donors (Lipinski definition) is 1. The molecule has 140 valence electrons. The highest BCUT2D eigenvalue weighted by Crippen LogP contribution is 2.31. The Morgan fingerprint density at radius 3 is 2.75 bits per heavy atom. The number of nitriles is 1. The van der Waals surface area contributed by atoms with Gasteiger partial charge in [-0.15, -0.1) is 0 Å². The molecule has 4 rings (SSSR count). The number of carbonyl (C=O) groups excluding carboxylic acids is 1. The number of rotatable bonds is 4. The lowest BCUT2D eigenvalue weighted by atomic mass is 9.92. The molecule has 3 aromatic rings. The van der Waals surface area contributed by atoms with Crippen molar-refractivity contribution in [3.8, 4) is 11.8 Å². The molecule has 1 aliphatic heterocycles. The Balaban J connectivity index is 1.65. The van der Waals surface area contributed by atoms with Crippen LogP contribution in [0.2, 0.25) is 0 Å². The lowest BCUT2D eigenvalue weighted by Crippen LogP contribution is -2.35. The minimum absolute atomic E-state index is 0.0637. The highest BCUT2D eigenvalue weighted by atomic mass is 16.1. The fraction of sp³-hybridized carbons (Fsp3) is 0.238. The molecule has 1 saturated heterocycles. The summed E-state index contributed by atoms with van der Waals surface area (Å²) in [6.07, 6.45) is 3.57. The summed E-state index contributed by atoms with van der Waals surface area (Å²) in [5.41, 5.74) is 8.09. The molecule has 0 unspecified atom stereocenters. The van der Waals surface area contributed by atoms with E-state index in [-0.39, 0.29) is 5.92 Å². The molecule has 1 aliphatic rings. The lowest BCUT2D eigenvalue weighted by Gasteiger charge is -2.33. The molecule has 7 nitrogen and oxygen atoms in total. The maximum atomic E-state index is 12.1. The van der Waals surface area contributed by atoms with Crippen LogP contribution in [0.3, 0.4) is 0 Å². The molecule has 28 heavy (non-hydrogen) atoms. The van der Waals surface area contributed by atoms with Gasteiger partial charge in [0.15, 0.2) is 0 Å². The van der Waals surface area contributed by atoms with Gasteiger partial charge in [-0.25, -0.2) is 9.67 Å². The molecule has 2 N–H and O–H groups in total. The van der Waals surface area contributed by atoms with Crippen LogP contribution in [-0.2, 0) is 0 Å². The Kier molecular flexibility index (Phi) is 4.77. The van der Waals surface area contributed by atoms with Gasteiger partial charge in [-0.3, -0.25) is 4.79 Å². The summed E-state index contributed by atoms with van der Waals surface area (Å²) in [5.74, 6) is 0.361. The number of para-hydroxylation sites is 1. The van der Waals surface area contributed by atoms with Gasteiger partial charge in [-0.1, -0.05) is 24.3 Å². The van der Waals surface area contributed by atoms with Crippen molar-refractivity contribution in [1.29, 1.82) is 5.26 Å². The molecule has 1 amide bonds. The maximum absolute atomic E-state index is 12.1. The minimum atomic E-state index is -0.473. The summed E-state index contributed by atoms with van der Waals surface area (Å²) in [6.45, 7) is 1.53. The van der Waals surface area contributed by atoms with E-state index in [0.717, 1.165) is 36.6 Å². The third-order valence-electron chi connectivity index (χ3n) is 5.01. The van der Waals surface area contributed by atoms with Crippen molar-refractivity contribution in [2.75, 3.05) is 18.0 Å². The van der Waals surface area contributed by atoms with Crippen molar-refractivity contribution in [3.05, 3.63) is 71.7 Å². The minimum Gasteiger partial charge on any atom is -0.365 e. The lowest BCUT2D eigenvalue weighted by molar-refractivity contribution is 0.0999. The number of nitrogens with zero attached hydrogens (tertiary/aromatic N) is 5. The van der Waals surface area contributed by atoms with Crippen LogP contribution in [0.5, 0.6) is 0 Å². The summed E-state index contributed by atoms with van der Waals surface area (Å²) in [6, 6.07) is 17.2. The predicted octanol–water partition coefficient (Wildman–Crippen LogP) is 2.62. The van der Waals surface area contributed by atoms with Gasteiger partial charge in [0.1, 0.15) is 17.6 Å². The molecule has 3 heterocycles. The van der Waals surface area contributed by atoms with Crippen LogP contribution >= 0.6 is 0 Å². The van der Waals surface area contributed by atoms with E-state index < -0.39 is 5.91 Å². The average molecular weight is 372 g/mol. The smallest absolute Gasteiger partial charge is 0.252 e. The van der Waals surface area contributed by atoms with E-state index in [1.807, 2.05) is 42.5 Å². The molecule has 2 aromatic heterocycles. The van der Waals surface area contributed by atoms with Gasteiger partial charge < -0.3 is 10.6 Å². The zero-order chi connectivity index (χ0) is 19.5. The highest BCUT2D eigenvalue weighted by molar-refractivity contribution is 5.94. The van der Waals surface area contributed by atoms with Crippen LogP contribution in [0, 0.1) is 11.3 Å². The second kappa shape index (κ2) is 7.53. The van der Waals surface area contributed by atoms with Crippen molar-refractivity contribution in [3.63, 3.8) is 0 Å². The van der Waals surface area contributed by atoms with E-state index in [1.165, 1.54) is 0 Å². The van der Waals surface area contributed by atoms with Crippen molar-refractivity contribution in [2.45, 2.75) is 18.8 Å². The van der Waals surface area contributed by atoms with E-state index in [4.69, 9.17) is 16.1 Å². The summed E-state index contributed by atoms with van der Waals surface area (Å²) < 4.78 is 1.71. The third kappa shape index (κ3) is 3.45. The molecule has 0 aliphatic carbocycles. The van der Waals surface area contributed by atoms with Gasteiger partial charge in [0.05, 0.1) is 16.9 Å². The number of carbonyl (C=O) groups is 1. The summed E-state index contributed by atoms with van der Waals surface area (Å²) in [4.78, 5) is 18.6. The highest BCUT2D eigenvalue weighted by Gasteiger charge is 2.28. The average Bonchev–Trinajstić information content (AvgIpc) is 3.20. The number of benzene rings is 1. The van der Waals surface area contributed by atoms with E-state index in [9.17, 15) is 4.79 Å². The maximum Gasteiger partial charge on any atom is 0.252 e. The zero-order valence-electron chi connectivity index (χ0n) is 15.3. The third-order valence-corrected chi connectivity index (χ3v) is 5.01. The van der Waals surface area contributed by atoms with Crippen LogP contribution in [0.4, 0.5) is 5.82 Å². The monoisotopic (exact) mass is 372 g/mol. The number of aromatic nitrogens is 3. The van der Waals surface area contributed by atoms with Crippen molar-refractivity contribution in [2.24, 2.45) is 5.73 Å². The molecule has 1 atom stereocenters. The fourth-order valence-electron chi connectivity index (χ4n) is 3.66. The van der Waals surface area contributed by atoms with Crippen molar-refractivity contribution >= 4 is 11.7 Å². The Bertz CT molecular complexity index is 1040. The first-order valence-electron chi connectivity index (χ1n) is 9.22. The van der Waals surface area contributed by atoms with Crippen LogP contribution < -0.4 is 10.6 Å². The molecular weight excluding hydrogens is 352 g/mol. The van der Waals surface area contributed by atoms with Gasteiger partial charge in [0, 0.05) is 25.2 Å². The number of pyridine rings is 1. The van der Waals surface area contributed by atoms with Gasteiger partial charge in [0.25, 0.3) is 5.91 Å². The summed E-state index contributed by atoms with van der Waals surface area (Å²) >= 11 is 0. The molecular formula is C21H20N6O. The van der Waals surface area contributed by atoms with Gasteiger partial charge >= 0.3 is 0 Å². The second-order valence-corrected chi connectivity index (χ2v) is 6.85. The second-order valence-electron chi connectivity index (χ2n) is 6.85. The van der Waals surface area contributed by atoms with E-state index in [2.05, 4.69) is 16.0 Å². The fourth-order valence-corrected chi connectivity index (χ4v) is 3.66. The van der Waals surface area contributed by atoms with Crippen molar-refractivity contribution < 1.29 is 4.79 Å². The van der Waals surface area contributed by atoms with Crippen LogP contribution in [0.1, 0.15) is 40.5 Å². The quantitative estimate of drug-likeness (QED) is 0.759. The predicted molar refractivity (Wildman–Crippen MR) is 105 cm³/mol. The molecule has 1 fully saturated rings. The topological polar surface area (TPSA) is 101 Å². The first kappa shape index (κ1) is 17.7. The van der Waals surface area contributed by atoms with Crippen LogP contribution in [0.25, 0.3) is 5.69 Å². The van der Waals surface area contributed by atoms with E-state index in [0.29, 0.717) is 17.8 Å². The van der Waals surface area contributed by atoms with Crippen LogP contribution in [-0.4, -0.2) is 33.8 Å². The van der Waals surface area contributed by atoms with Crippen LogP contribution in [0.15, 0.2) is 54.7 Å². The number of anilines is 1. The number of nitrogens with two attached hydrogens (primary N) is 1. The van der Waals surface area contributed by atoms with E-state index in [1.54, 1.807) is 16.9 Å². The first-order chi connectivity index (χ1) is 13.7. The molecule has 1 aromatic carbocycles. The molecule has 0 saturated carbocycles. The molecule has 0 radical (unpaired) electrons. The SMILES string of the molecule is N#Cc1cccc(N2CCC[C@H](c3nn(-c4ccccc4)cc3C(N)=O)C2)n1. The van der Waals surface area contributed by atoms with Gasteiger partial charge in [-0.2, -0.15) is 10.4 Å². The standard InChI is InChI=1S/C21H20N6O/c22-12-16-7-4-10-19(24-16)26-11-5-6-15(13-26)20-18(21(23)28)14-27(25-20)17-8-2-1-3-9-17/h1-4,7-10,14-15H,5-6,11,13H2,(H2,23,28)/t15-/m0/s1. The number of primary amides is 1. The molecule has 0 bridgehead atoms. The number of amides is 1. The summed E-state index contributed by atoms with van der Waals surface area (Å²) in [7, 11) is 0. The zero-order valence-corrected chi connectivity index (χ0v) is 15.3. The summed E-state index contributed by atoms with van der Waals surface area (Å²) in [5, 5.41) is 13.8.